The van der Waals surface area contributed by atoms with Gasteiger partial charge in [-0.3, -0.25) is 10.1 Å². The molecule has 0 unspecified atom stereocenters. The summed E-state index contributed by atoms with van der Waals surface area (Å²) in [5.74, 6) is 0.485. The third-order valence-electron chi connectivity index (χ3n) is 3.09. The number of nitrogens with two attached hydrogens (primary N) is 1. The molecule has 140 valence electrons. The van der Waals surface area contributed by atoms with Crippen LogP contribution in [-0.2, 0) is 10.0 Å². The summed E-state index contributed by atoms with van der Waals surface area (Å²) >= 11 is 8.96. The first-order valence-electron chi connectivity index (χ1n) is 7.15. The molecule has 0 saturated heterocycles. The molecule has 13 heteroatoms. The van der Waals surface area contributed by atoms with Crippen molar-refractivity contribution in [2.75, 3.05) is 24.1 Å². The highest BCUT2D eigenvalue weighted by molar-refractivity contribution is 9.10. The largest absolute Gasteiger partial charge is 0.398 e. The average Bonchev–Trinajstić information content (AvgIpc) is 2.57. The number of rotatable bonds is 8. The first kappa shape index (κ1) is 20.3. The van der Waals surface area contributed by atoms with Gasteiger partial charge in [0.2, 0.25) is 15.3 Å². The van der Waals surface area contributed by atoms with Crippen LogP contribution in [0.3, 0.4) is 0 Å². The molecule has 0 atom stereocenters. The number of sulfonamides is 1. The van der Waals surface area contributed by atoms with Crippen LogP contribution < -0.4 is 15.8 Å². The zero-order valence-corrected chi connectivity index (χ0v) is 16.3. The highest BCUT2D eigenvalue weighted by Crippen LogP contribution is 2.22. The van der Waals surface area contributed by atoms with Crippen LogP contribution in [0, 0.1) is 10.1 Å². The van der Waals surface area contributed by atoms with Crippen molar-refractivity contribution in [2.45, 2.75) is 11.3 Å². The molecule has 0 amide bonds. The highest BCUT2D eigenvalue weighted by Gasteiger charge is 2.18. The van der Waals surface area contributed by atoms with Gasteiger partial charge in [-0.2, -0.15) is 4.98 Å². The Bertz CT molecular complexity index is 927. The molecule has 0 radical (unpaired) electrons. The van der Waals surface area contributed by atoms with E-state index in [0.29, 0.717) is 23.3 Å². The van der Waals surface area contributed by atoms with Gasteiger partial charge >= 0.3 is 0 Å². The maximum absolute atomic E-state index is 12.2. The van der Waals surface area contributed by atoms with Gasteiger partial charge in [-0.15, -0.1) is 0 Å². The number of anilines is 2. The number of hydrogen-bond donors (Lipinski definition) is 3. The van der Waals surface area contributed by atoms with Gasteiger partial charge in [0.1, 0.15) is 5.82 Å². The van der Waals surface area contributed by atoms with Crippen molar-refractivity contribution >= 4 is 54.7 Å². The van der Waals surface area contributed by atoms with E-state index in [1.165, 1.54) is 6.20 Å². The number of nitrogens with zero attached hydrogens (tertiary/aromatic N) is 3. The fourth-order valence-electron chi connectivity index (χ4n) is 1.92. The van der Waals surface area contributed by atoms with E-state index < -0.39 is 20.6 Å². The van der Waals surface area contributed by atoms with E-state index in [4.69, 9.17) is 17.3 Å². The standard InChI is InChI=1S/C13H14BrClN6O4S/c14-11-7-18-13(15)20-12(11)17-2-1-3-19-26(24,25)10-5-8(16)4-9(6-10)21(22)23/h4-7,19H,1-3,16H2,(H,17,18,20). The lowest BCUT2D eigenvalue weighted by molar-refractivity contribution is -0.385. The van der Waals surface area contributed by atoms with E-state index in [-0.39, 0.29) is 22.4 Å². The highest BCUT2D eigenvalue weighted by atomic mass is 79.9. The summed E-state index contributed by atoms with van der Waals surface area (Å²) in [6.07, 6.45) is 1.92. The van der Waals surface area contributed by atoms with Crippen molar-refractivity contribution in [1.82, 2.24) is 14.7 Å². The van der Waals surface area contributed by atoms with E-state index >= 15 is 0 Å². The third-order valence-corrected chi connectivity index (χ3v) is 5.29. The second kappa shape index (κ2) is 8.58. The van der Waals surface area contributed by atoms with E-state index in [1.54, 1.807) is 0 Å². The normalized spacial score (nSPS) is 11.3. The van der Waals surface area contributed by atoms with Crippen molar-refractivity contribution in [3.63, 3.8) is 0 Å². The molecule has 4 N–H and O–H groups in total. The van der Waals surface area contributed by atoms with E-state index in [2.05, 4.69) is 35.9 Å². The molecule has 0 aliphatic heterocycles. The Morgan fingerprint density at radius 2 is 2.04 bits per heavy atom. The minimum Gasteiger partial charge on any atom is -0.398 e. The Morgan fingerprint density at radius 1 is 1.31 bits per heavy atom. The predicted molar refractivity (Wildman–Crippen MR) is 101 cm³/mol. The van der Waals surface area contributed by atoms with E-state index in [1.807, 2.05) is 0 Å². The number of benzene rings is 1. The van der Waals surface area contributed by atoms with Crippen molar-refractivity contribution in [2.24, 2.45) is 0 Å². The monoisotopic (exact) mass is 464 g/mol. The Hall–Kier alpha value is -2.02. The molecule has 1 aromatic carbocycles. The molecule has 0 aliphatic rings. The number of aromatic nitrogens is 2. The number of nitro groups is 1. The van der Waals surface area contributed by atoms with Gasteiger partial charge in [0, 0.05) is 37.1 Å². The van der Waals surface area contributed by atoms with Crippen molar-refractivity contribution in [1.29, 1.82) is 0 Å². The Balaban J connectivity index is 1.92. The molecular weight excluding hydrogens is 452 g/mol. The molecule has 1 aromatic heterocycles. The topological polar surface area (TPSA) is 153 Å². The maximum Gasteiger partial charge on any atom is 0.272 e. The number of non-ortho nitro benzene ring substituents is 1. The van der Waals surface area contributed by atoms with Crippen LogP contribution in [0.25, 0.3) is 0 Å². The van der Waals surface area contributed by atoms with Crippen LogP contribution in [0.15, 0.2) is 33.8 Å². The van der Waals surface area contributed by atoms with Gasteiger partial charge in [0.25, 0.3) is 5.69 Å². The quantitative estimate of drug-likeness (QED) is 0.176. The molecule has 2 aromatic rings. The molecule has 0 saturated carbocycles. The third kappa shape index (κ3) is 5.49. The van der Waals surface area contributed by atoms with Crippen molar-refractivity contribution in [3.05, 3.63) is 44.3 Å². The minimum absolute atomic E-state index is 0.00766. The van der Waals surface area contributed by atoms with Crippen molar-refractivity contribution < 1.29 is 13.3 Å². The second-order valence-electron chi connectivity index (χ2n) is 5.03. The van der Waals surface area contributed by atoms with E-state index in [0.717, 1.165) is 18.2 Å². The molecule has 0 aliphatic carbocycles. The smallest absolute Gasteiger partial charge is 0.272 e. The van der Waals surface area contributed by atoms with Crippen LogP contribution in [-0.4, -0.2) is 36.4 Å². The average molecular weight is 466 g/mol. The van der Waals surface area contributed by atoms with Gasteiger partial charge in [-0.1, -0.05) is 0 Å². The molecule has 2 rings (SSSR count). The Labute approximate surface area is 162 Å². The lowest BCUT2D eigenvalue weighted by Crippen LogP contribution is -2.26. The summed E-state index contributed by atoms with van der Waals surface area (Å²) in [7, 11) is -3.92. The SMILES string of the molecule is Nc1cc([N+](=O)[O-])cc(S(=O)(=O)NCCCNc2nc(Cl)ncc2Br)c1. The fourth-order valence-corrected chi connectivity index (χ4v) is 3.53. The van der Waals surface area contributed by atoms with Crippen LogP contribution in [0.4, 0.5) is 17.2 Å². The van der Waals surface area contributed by atoms with Gasteiger partial charge in [-0.05, 0) is 40.0 Å². The summed E-state index contributed by atoms with van der Waals surface area (Å²) in [5, 5.41) is 13.9. The molecule has 0 bridgehead atoms. The summed E-state index contributed by atoms with van der Waals surface area (Å²) in [6.45, 7) is 0.514. The van der Waals surface area contributed by atoms with Gasteiger partial charge < -0.3 is 11.1 Å². The Morgan fingerprint density at radius 3 is 2.73 bits per heavy atom. The lowest BCUT2D eigenvalue weighted by atomic mass is 10.3. The maximum atomic E-state index is 12.2. The minimum atomic E-state index is -3.92. The van der Waals surface area contributed by atoms with Crippen LogP contribution >= 0.6 is 27.5 Å². The number of nitrogen functional groups attached to an aromatic ring is 1. The number of nitro benzene ring substituents is 1. The van der Waals surface area contributed by atoms with Gasteiger partial charge in [-0.25, -0.2) is 18.1 Å². The molecule has 0 fully saturated rings. The molecule has 26 heavy (non-hydrogen) atoms. The number of hydrogen-bond acceptors (Lipinski definition) is 8. The molecular formula is C13H14BrClN6O4S. The fraction of sp³-hybridized carbons (Fsp3) is 0.231. The number of halogens is 2. The van der Waals surface area contributed by atoms with E-state index in [9.17, 15) is 18.5 Å². The van der Waals surface area contributed by atoms with Crippen LogP contribution in [0.5, 0.6) is 0 Å². The van der Waals surface area contributed by atoms with Crippen LogP contribution in [0.2, 0.25) is 5.28 Å². The zero-order valence-electron chi connectivity index (χ0n) is 13.1. The summed E-state index contributed by atoms with van der Waals surface area (Å²) in [5.41, 5.74) is 5.13. The molecule has 10 nitrogen and oxygen atoms in total. The molecule has 1 heterocycles. The van der Waals surface area contributed by atoms with Crippen LogP contribution in [0.1, 0.15) is 6.42 Å². The number of nitrogens with one attached hydrogen (secondary N) is 2. The summed E-state index contributed by atoms with van der Waals surface area (Å²) in [6, 6.07) is 3.21. The lowest BCUT2D eigenvalue weighted by Gasteiger charge is -2.09. The zero-order chi connectivity index (χ0) is 19.3. The first-order chi connectivity index (χ1) is 12.2. The van der Waals surface area contributed by atoms with Gasteiger partial charge in [0.15, 0.2) is 0 Å². The first-order valence-corrected chi connectivity index (χ1v) is 9.81. The van der Waals surface area contributed by atoms with Gasteiger partial charge in [0.05, 0.1) is 14.3 Å². The summed E-state index contributed by atoms with van der Waals surface area (Å²) < 4.78 is 27.5. The van der Waals surface area contributed by atoms with Crippen molar-refractivity contribution in [3.8, 4) is 0 Å². The molecule has 0 spiro atoms. The second-order valence-corrected chi connectivity index (χ2v) is 7.99. The Kier molecular flexibility index (Phi) is 6.69. The predicted octanol–water partition coefficient (Wildman–Crippen LogP) is 2.16. The summed E-state index contributed by atoms with van der Waals surface area (Å²) in [4.78, 5) is 17.6.